The van der Waals surface area contributed by atoms with Gasteiger partial charge in [0, 0.05) is 0 Å². The molecule has 2 nitrogen and oxygen atoms in total. The van der Waals surface area contributed by atoms with E-state index >= 15 is 0 Å². The number of carboxylic acid groups (broad SMARTS) is 1. The number of fused-ring (bicyclic) bond motifs is 1. The Hall–Kier alpha value is -0.790. The van der Waals surface area contributed by atoms with Crippen LogP contribution < -0.4 is 0 Å². The lowest BCUT2D eigenvalue weighted by molar-refractivity contribution is -0.139. The molecule has 0 aromatic rings. The monoisotopic (exact) mass is 194 g/mol. The van der Waals surface area contributed by atoms with Crippen LogP contribution in [0.25, 0.3) is 0 Å². The zero-order chi connectivity index (χ0) is 10.2. The fraction of sp³-hybridized carbons (Fsp3) is 0.750. The zero-order valence-corrected chi connectivity index (χ0v) is 8.54. The quantitative estimate of drug-likeness (QED) is 0.699. The van der Waals surface area contributed by atoms with Crippen molar-refractivity contribution in [2.75, 3.05) is 0 Å². The van der Waals surface area contributed by atoms with Gasteiger partial charge in [-0.1, -0.05) is 6.08 Å². The molecule has 3 atom stereocenters. The molecule has 1 N–H and O–H groups in total. The summed E-state index contributed by atoms with van der Waals surface area (Å²) in [5, 5.41) is 8.92. The van der Waals surface area contributed by atoms with E-state index in [1.165, 1.54) is 12.8 Å². The van der Waals surface area contributed by atoms with Crippen LogP contribution >= 0.6 is 0 Å². The molecule has 0 amide bonds. The summed E-state index contributed by atoms with van der Waals surface area (Å²) in [6.45, 7) is 3.75. The molecule has 2 fully saturated rings. The number of aliphatic carboxylic acids is 1. The van der Waals surface area contributed by atoms with Gasteiger partial charge < -0.3 is 5.11 Å². The molecular formula is C12H18O2. The van der Waals surface area contributed by atoms with Crippen LogP contribution in [0.1, 0.15) is 38.5 Å². The number of hydrogen-bond donors (Lipinski definition) is 1. The number of rotatable bonds is 4. The van der Waals surface area contributed by atoms with Crippen molar-refractivity contribution in [3.63, 3.8) is 0 Å². The second-order valence-electron chi connectivity index (χ2n) is 5.07. The van der Waals surface area contributed by atoms with Gasteiger partial charge in [-0.25, -0.2) is 0 Å². The topological polar surface area (TPSA) is 37.3 Å². The van der Waals surface area contributed by atoms with E-state index < -0.39 is 5.97 Å². The van der Waals surface area contributed by atoms with Gasteiger partial charge in [-0.15, -0.1) is 6.58 Å². The van der Waals surface area contributed by atoms with Gasteiger partial charge in [-0.05, 0) is 49.4 Å². The van der Waals surface area contributed by atoms with E-state index in [4.69, 9.17) is 5.11 Å². The van der Waals surface area contributed by atoms with Crippen molar-refractivity contribution in [1.82, 2.24) is 0 Å². The van der Waals surface area contributed by atoms with Crippen molar-refractivity contribution >= 4 is 5.97 Å². The van der Waals surface area contributed by atoms with Crippen LogP contribution in [0.15, 0.2) is 12.7 Å². The predicted molar refractivity (Wildman–Crippen MR) is 54.9 cm³/mol. The maximum atomic E-state index is 10.8. The van der Waals surface area contributed by atoms with E-state index in [0.717, 1.165) is 31.1 Å². The van der Waals surface area contributed by atoms with Crippen LogP contribution in [0.2, 0.25) is 0 Å². The second kappa shape index (κ2) is 3.41. The van der Waals surface area contributed by atoms with Crippen molar-refractivity contribution in [3.05, 3.63) is 12.7 Å². The summed E-state index contributed by atoms with van der Waals surface area (Å²) in [6.07, 6.45) is 8.00. The molecule has 14 heavy (non-hydrogen) atoms. The molecule has 0 aromatic heterocycles. The van der Waals surface area contributed by atoms with E-state index in [2.05, 4.69) is 6.58 Å². The predicted octanol–water partition coefficient (Wildman–Crippen LogP) is 2.84. The minimum Gasteiger partial charge on any atom is -0.481 e. The Morgan fingerprint density at radius 2 is 2.00 bits per heavy atom. The number of carboxylic acids is 1. The van der Waals surface area contributed by atoms with Gasteiger partial charge in [-0.3, -0.25) is 4.79 Å². The van der Waals surface area contributed by atoms with E-state index in [-0.39, 0.29) is 5.41 Å². The molecule has 0 spiro atoms. The Labute approximate surface area is 85.0 Å². The minimum absolute atomic E-state index is 0.0550. The molecule has 0 aliphatic heterocycles. The normalized spacial score (nSPS) is 40.0. The van der Waals surface area contributed by atoms with Crippen LogP contribution in [0.5, 0.6) is 0 Å². The van der Waals surface area contributed by atoms with E-state index in [1.54, 1.807) is 0 Å². The van der Waals surface area contributed by atoms with Crippen molar-refractivity contribution in [2.45, 2.75) is 38.5 Å². The molecule has 0 radical (unpaired) electrons. The molecule has 2 aliphatic carbocycles. The molecule has 0 heterocycles. The summed E-state index contributed by atoms with van der Waals surface area (Å²) < 4.78 is 0. The Balaban J connectivity index is 2.06. The smallest absolute Gasteiger partial charge is 0.303 e. The Morgan fingerprint density at radius 1 is 1.43 bits per heavy atom. The lowest BCUT2D eigenvalue weighted by Crippen LogP contribution is -2.20. The van der Waals surface area contributed by atoms with Crippen LogP contribution in [0, 0.1) is 17.3 Å². The fourth-order valence-electron chi connectivity index (χ4n) is 3.38. The van der Waals surface area contributed by atoms with Crippen LogP contribution in [0.3, 0.4) is 0 Å². The molecule has 2 aliphatic rings. The molecular weight excluding hydrogens is 176 g/mol. The zero-order valence-electron chi connectivity index (χ0n) is 8.54. The summed E-state index contributed by atoms with van der Waals surface area (Å²) in [4.78, 5) is 10.8. The minimum atomic E-state index is -0.645. The fourth-order valence-corrected chi connectivity index (χ4v) is 3.38. The third-order valence-corrected chi connectivity index (χ3v) is 4.07. The lowest BCUT2D eigenvalue weighted by atomic mass is 9.77. The van der Waals surface area contributed by atoms with Crippen LogP contribution in [-0.4, -0.2) is 11.1 Å². The standard InChI is InChI=1S/C12H18O2/c1-2-5-12(8-11(13)14)6-9-3-4-10(9)7-12/h2,9-10H,1,3-8H2,(H,13,14)/t9-,10+,12?. The highest BCUT2D eigenvalue weighted by Gasteiger charge is 2.49. The second-order valence-corrected chi connectivity index (χ2v) is 5.07. The number of carbonyl (C=O) groups is 1. The van der Waals surface area contributed by atoms with Gasteiger partial charge in [-0.2, -0.15) is 0 Å². The molecule has 2 saturated carbocycles. The first-order valence-electron chi connectivity index (χ1n) is 5.48. The van der Waals surface area contributed by atoms with Crippen molar-refractivity contribution < 1.29 is 9.90 Å². The molecule has 78 valence electrons. The molecule has 0 bridgehead atoms. The van der Waals surface area contributed by atoms with Crippen molar-refractivity contribution in [3.8, 4) is 0 Å². The van der Waals surface area contributed by atoms with E-state index in [1.807, 2.05) is 6.08 Å². The van der Waals surface area contributed by atoms with Gasteiger partial charge in [0.1, 0.15) is 0 Å². The van der Waals surface area contributed by atoms with Gasteiger partial charge >= 0.3 is 5.97 Å². The lowest BCUT2D eigenvalue weighted by Gasteiger charge is -2.29. The average Bonchev–Trinajstić information content (AvgIpc) is 2.29. The summed E-state index contributed by atoms with van der Waals surface area (Å²) in [6, 6.07) is 0. The Kier molecular flexibility index (Phi) is 2.38. The first kappa shape index (κ1) is 9.75. The Morgan fingerprint density at radius 3 is 2.36 bits per heavy atom. The highest BCUT2D eigenvalue weighted by molar-refractivity contribution is 5.67. The third kappa shape index (κ3) is 1.58. The summed E-state index contributed by atoms with van der Waals surface area (Å²) in [5.41, 5.74) is 0.0550. The van der Waals surface area contributed by atoms with Crippen LogP contribution in [0.4, 0.5) is 0 Å². The largest absolute Gasteiger partial charge is 0.481 e. The molecule has 0 saturated heterocycles. The van der Waals surface area contributed by atoms with Crippen LogP contribution in [-0.2, 0) is 4.79 Å². The number of hydrogen-bond acceptors (Lipinski definition) is 1. The number of allylic oxidation sites excluding steroid dienone is 1. The van der Waals surface area contributed by atoms with Crippen molar-refractivity contribution in [2.24, 2.45) is 17.3 Å². The first-order valence-corrected chi connectivity index (χ1v) is 5.48. The molecule has 2 rings (SSSR count). The maximum absolute atomic E-state index is 10.8. The van der Waals surface area contributed by atoms with Crippen molar-refractivity contribution in [1.29, 1.82) is 0 Å². The molecule has 1 unspecified atom stereocenters. The molecule has 2 heteroatoms. The van der Waals surface area contributed by atoms with Gasteiger partial charge in [0.25, 0.3) is 0 Å². The average molecular weight is 194 g/mol. The summed E-state index contributed by atoms with van der Waals surface area (Å²) >= 11 is 0. The third-order valence-electron chi connectivity index (χ3n) is 4.07. The van der Waals surface area contributed by atoms with Gasteiger partial charge in [0.15, 0.2) is 0 Å². The van der Waals surface area contributed by atoms with Gasteiger partial charge in [0.05, 0.1) is 6.42 Å². The summed E-state index contributed by atoms with van der Waals surface area (Å²) in [5.74, 6) is 1.01. The maximum Gasteiger partial charge on any atom is 0.303 e. The molecule has 0 aromatic carbocycles. The summed E-state index contributed by atoms with van der Waals surface area (Å²) in [7, 11) is 0. The highest BCUT2D eigenvalue weighted by Crippen LogP contribution is 2.58. The SMILES string of the molecule is C=CCC1(CC(=O)O)C[C@H]2CC[C@H]2C1. The Bertz CT molecular complexity index is 245. The highest BCUT2D eigenvalue weighted by atomic mass is 16.4. The van der Waals surface area contributed by atoms with E-state index in [0.29, 0.717) is 6.42 Å². The first-order chi connectivity index (χ1) is 6.65. The van der Waals surface area contributed by atoms with Gasteiger partial charge in [0.2, 0.25) is 0 Å². The van der Waals surface area contributed by atoms with E-state index in [9.17, 15) is 4.79 Å².